The van der Waals surface area contributed by atoms with Crippen molar-refractivity contribution < 1.29 is 4.42 Å². The summed E-state index contributed by atoms with van der Waals surface area (Å²) in [4.78, 5) is 0. The summed E-state index contributed by atoms with van der Waals surface area (Å²) in [5, 5.41) is 4.72. The Kier molecular flexibility index (Phi) is 2.44. The number of hydrogen-bond acceptors (Lipinski definition) is 2. The highest BCUT2D eigenvalue weighted by molar-refractivity contribution is 5.81. The van der Waals surface area contributed by atoms with Gasteiger partial charge >= 0.3 is 0 Å². The fraction of sp³-hybridized carbons (Fsp3) is 0.429. The second-order valence-electron chi connectivity index (χ2n) is 4.81. The summed E-state index contributed by atoms with van der Waals surface area (Å²) in [6, 6.07) is 6.50. The normalized spacial score (nSPS) is 21.4. The molecule has 0 radical (unpaired) electrons. The zero-order valence-electron chi connectivity index (χ0n) is 9.62. The average molecular weight is 215 g/mol. The molecule has 1 N–H and O–H groups in total. The highest BCUT2D eigenvalue weighted by Gasteiger charge is 2.15. The van der Waals surface area contributed by atoms with Gasteiger partial charge in [0.1, 0.15) is 5.58 Å². The first-order valence-electron chi connectivity index (χ1n) is 6.03. The minimum Gasteiger partial charge on any atom is -0.464 e. The summed E-state index contributed by atoms with van der Waals surface area (Å²) in [5.74, 6) is 0.700. The molecule has 0 spiro atoms. The van der Waals surface area contributed by atoms with Crippen molar-refractivity contribution in [1.29, 1.82) is 0 Å². The summed E-state index contributed by atoms with van der Waals surface area (Å²) < 4.78 is 5.62. The largest absolute Gasteiger partial charge is 0.464 e. The number of fused-ring (bicyclic) bond motifs is 3. The van der Waals surface area contributed by atoms with Gasteiger partial charge in [0, 0.05) is 5.39 Å². The molecule has 1 aliphatic heterocycles. The van der Waals surface area contributed by atoms with Gasteiger partial charge in [-0.05, 0) is 49.0 Å². The van der Waals surface area contributed by atoms with E-state index < -0.39 is 0 Å². The topological polar surface area (TPSA) is 25.2 Å². The predicted molar refractivity (Wildman–Crippen MR) is 65.7 cm³/mol. The Labute approximate surface area is 95.6 Å². The zero-order valence-corrected chi connectivity index (χ0v) is 9.62. The van der Waals surface area contributed by atoms with Crippen LogP contribution in [0, 0.1) is 5.92 Å². The summed E-state index contributed by atoms with van der Waals surface area (Å²) in [6.45, 7) is 4.47. The maximum Gasteiger partial charge on any atom is 0.137 e. The second-order valence-corrected chi connectivity index (χ2v) is 4.81. The molecule has 1 unspecified atom stereocenters. The molecule has 1 aliphatic rings. The molecule has 0 aliphatic carbocycles. The molecule has 1 aromatic carbocycles. The van der Waals surface area contributed by atoms with Crippen molar-refractivity contribution >= 4 is 11.0 Å². The quantitative estimate of drug-likeness (QED) is 0.731. The lowest BCUT2D eigenvalue weighted by molar-refractivity contribution is 0.496. The van der Waals surface area contributed by atoms with Gasteiger partial charge in [-0.25, -0.2) is 0 Å². The van der Waals surface area contributed by atoms with E-state index in [-0.39, 0.29) is 0 Å². The fourth-order valence-corrected chi connectivity index (χ4v) is 2.61. The Morgan fingerprint density at radius 2 is 2.25 bits per heavy atom. The zero-order chi connectivity index (χ0) is 11.0. The molecule has 1 atom stereocenters. The minimum atomic E-state index is 0.700. The van der Waals surface area contributed by atoms with Crippen LogP contribution >= 0.6 is 0 Å². The molecule has 84 valence electrons. The van der Waals surface area contributed by atoms with E-state index in [1.165, 1.54) is 16.5 Å². The number of benzene rings is 1. The molecule has 0 saturated carbocycles. The molecule has 2 heteroatoms. The lowest BCUT2D eigenvalue weighted by Gasteiger charge is -2.19. The Morgan fingerprint density at radius 3 is 3.19 bits per heavy atom. The van der Waals surface area contributed by atoms with Crippen LogP contribution in [0.3, 0.4) is 0 Å². The van der Waals surface area contributed by atoms with Gasteiger partial charge in [-0.3, -0.25) is 0 Å². The SMILES string of the molecule is CC1CNCCc2c(ccc3ccoc23)C1. The number of hydrogen-bond donors (Lipinski definition) is 1. The van der Waals surface area contributed by atoms with E-state index >= 15 is 0 Å². The summed E-state index contributed by atoms with van der Waals surface area (Å²) in [6.07, 6.45) is 4.02. The van der Waals surface area contributed by atoms with Crippen LogP contribution in [-0.4, -0.2) is 13.1 Å². The van der Waals surface area contributed by atoms with E-state index in [9.17, 15) is 0 Å². The monoisotopic (exact) mass is 215 g/mol. The first-order valence-corrected chi connectivity index (χ1v) is 6.03. The van der Waals surface area contributed by atoms with E-state index in [2.05, 4.69) is 24.4 Å². The van der Waals surface area contributed by atoms with Gasteiger partial charge in [0.05, 0.1) is 6.26 Å². The summed E-state index contributed by atoms with van der Waals surface area (Å²) in [5.41, 5.74) is 3.96. The summed E-state index contributed by atoms with van der Waals surface area (Å²) >= 11 is 0. The highest BCUT2D eigenvalue weighted by atomic mass is 16.3. The third-order valence-electron chi connectivity index (χ3n) is 3.43. The molecule has 2 nitrogen and oxygen atoms in total. The average Bonchev–Trinajstić information content (AvgIpc) is 2.70. The van der Waals surface area contributed by atoms with Gasteiger partial charge in [-0.2, -0.15) is 0 Å². The second kappa shape index (κ2) is 3.95. The molecule has 0 bridgehead atoms. The molecule has 2 aromatic rings. The standard InChI is InChI=1S/C14H17NO/c1-10-8-12-3-2-11-5-7-16-14(11)13(12)4-6-15-9-10/h2-3,5,7,10,15H,4,6,8-9H2,1H3. The van der Waals surface area contributed by atoms with Crippen LogP contribution in [0.2, 0.25) is 0 Å². The molecule has 0 saturated heterocycles. The molecule has 16 heavy (non-hydrogen) atoms. The van der Waals surface area contributed by atoms with E-state index in [1.54, 1.807) is 6.26 Å². The number of furan rings is 1. The van der Waals surface area contributed by atoms with Crippen LogP contribution < -0.4 is 5.32 Å². The molecule has 1 aromatic heterocycles. The highest BCUT2D eigenvalue weighted by Crippen LogP contribution is 2.26. The lowest BCUT2D eigenvalue weighted by Crippen LogP contribution is -2.27. The van der Waals surface area contributed by atoms with Crippen molar-refractivity contribution in [3.63, 3.8) is 0 Å². The number of nitrogens with one attached hydrogen (secondary N) is 1. The first kappa shape index (κ1) is 9.91. The molecule has 2 heterocycles. The van der Waals surface area contributed by atoms with Crippen molar-refractivity contribution in [1.82, 2.24) is 5.32 Å². The maximum atomic E-state index is 5.62. The van der Waals surface area contributed by atoms with Crippen LogP contribution in [0.5, 0.6) is 0 Å². The van der Waals surface area contributed by atoms with Gasteiger partial charge < -0.3 is 9.73 Å². The molecule has 3 rings (SSSR count). The van der Waals surface area contributed by atoms with Crippen LogP contribution in [0.15, 0.2) is 28.9 Å². The smallest absolute Gasteiger partial charge is 0.137 e. The van der Waals surface area contributed by atoms with Gasteiger partial charge in [0.15, 0.2) is 0 Å². The first-order chi connectivity index (χ1) is 7.84. The van der Waals surface area contributed by atoms with Gasteiger partial charge in [0.25, 0.3) is 0 Å². The van der Waals surface area contributed by atoms with Gasteiger partial charge in [-0.1, -0.05) is 19.1 Å². The van der Waals surface area contributed by atoms with Crippen LogP contribution in [0.25, 0.3) is 11.0 Å². The van der Waals surface area contributed by atoms with Crippen LogP contribution in [0.1, 0.15) is 18.1 Å². The maximum absolute atomic E-state index is 5.62. The molecular weight excluding hydrogens is 198 g/mol. The third-order valence-corrected chi connectivity index (χ3v) is 3.43. The van der Waals surface area contributed by atoms with Crippen LogP contribution in [-0.2, 0) is 12.8 Å². The molecular formula is C14H17NO. The Hall–Kier alpha value is -1.28. The van der Waals surface area contributed by atoms with Crippen molar-refractivity contribution in [2.45, 2.75) is 19.8 Å². The van der Waals surface area contributed by atoms with Crippen molar-refractivity contribution in [2.75, 3.05) is 13.1 Å². The minimum absolute atomic E-state index is 0.700. The Balaban J connectivity index is 2.13. The van der Waals surface area contributed by atoms with E-state index in [0.717, 1.165) is 31.5 Å². The van der Waals surface area contributed by atoms with E-state index in [4.69, 9.17) is 4.42 Å². The van der Waals surface area contributed by atoms with E-state index in [0.29, 0.717) is 5.92 Å². The van der Waals surface area contributed by atoms with Crippen molar-refractivity contribution in [3.05, 3.63) is 35.6 Å². The van der Waals surface area contributed by atoms with E-state index in [1.807, 2.05) is 6.07 Å². The Morgan fingerprint density at radius 1 is 1.31 bits per heavy atom. The van der Waals surface area contributed by atoms with Crippen LogP contribution in [0.4, 0.5) is 0 Å². The van der Waals surface area contributed by atoms with Gasteiger partial charge in [-0.15, -0.1) is 0 Å². The summed E-state index contributed by atoms with van der Waals surface area (Å²) in [7, 11) is 0. The molecule has 0 amide bonds. The fourth-order valence-electron chi connectivity index (χ4n) is 2.61. The molecule has 0 fully saturated rings. The van der Waals surface area contributed by atoms with Crippen molar-refractivity contribution in [2.24, 2.45) is 5.92 Å². The van der Waals surface area contributed by atoms with Gasteiger partial charge in [0.2, 0.25) is 0 Å². The number of rotatable bonds is 0. The van der Waals surface area contributed by atoms with Crippen molar-refractivity contribution in [3.8, 4) is 0 Å². The Bertz CT molecular complexity index is 500. The predicted octanol–water partition coefficient (Wildman–Crippen LogP) is 2.76. The third kappa shape index (κ3) is 1.63. The lowest BCUT2D eigenvalue weighted by atomic mass is 9.92.